The lowest BCUT2D eigenvalue weighted by Crippen LogP contribution is -2.48. The Morgan fingerprint density at radius 2 is 2.00 bits per heavy atom. The van der Waals surface area contributed by atoms with Crippen molar-refractivity contribution in [3.8, 4) is 0 Å². The summed E-state index contributed by atoms with van der Waals surface area (Å²) in [6.07, 6.45) is 2.31. The molecule has 0 bridgehead atoms. The molecule has 2 aliphatic heterocycles. The molecule has 0 unspecified atom stereocenters. The number of nitrogens with zero attached hydrogens (tertiary/aromatic N) is 2. The van der Waals surface area contributed by atoms with Crippen LogP contribution in [0, 0.1) is 12.3 Å². The van der Waals surface area contributed by atoms with Crippen LogP contribution < -0.4 is 0 Å². The van der Waals surface area contributed by atoms with E-state index in [9.17, 15) is 9.59 Å². The Bertz CT molecular complexity index is 735. The van der Waals surface area contributed by atoms with Crippen molar-refractivity contribution in [1.29, 1.82) is 0 Å². The standard InChI is InChI=1S/C21H28N2O4/c1-4-26-20(25)21(9-11-23(12-10-21)16(3)24)14-17-13-19(22-27-17)18-8-6-5-7-15(18)2/h5-8,17H,4,9-14H2,1-3H3/t17-/m1/s1. The lowest BCUT2D eigenvalue weighted by Gasteiger charge is -2.40. The number of carbonyl (C=O) groups excluding carboxylic acids is 2. The quantitative estimate of drug-likeness (QED) is 0.745. The van der Waals surface area contributed by atoms with Gasteiger partial charge in [-0.25, -0.2) is 0 Å². The third-order valence-electron chi connectivity index (χ3n) is 5.68. The number of ether oxygens (including phenoxy) is 1. The highest BCUT2D eigenvalue weighted by molar-refractivity contribution is 6.02. The molecule has 1 amide bonds. The third kappa shape index (κ3) is 4.15. The van der Waals surface area contributed by atoms with Gasteiger partial charge in [0.1, 0.15) is 6.10 Å². The fourth-order valence-corrected chi connectivity index (χ4v) is 4.05. The SMILES string of the molecule is CCOC(=O)C1(C[C@H]2CC(c3ccccc3C)=NO2)CCN(C(C)=O)CC1. The molecule has 146 valence electrons. The van der Waals surface area contributed by atoms with Crippen molar-refractivity contribution in [1.82, 2.24) is 4.90 Å². The van der Waals surface area contributed by atoms with Gasteiger partial charge in [-0.2, -0.15) is 0 Å². The summed E-state index contributed by atoms with van der Waals surface area (Å²) in [4.78, 5) is 31.9. The zero-order valence-corrected chi connectivity index (χ0v) is 16.4. The molecular formula is C21H28N2O4. The summed E-state index contributed by atoms with van der Waals surface area (Å²) in [6, 6.07) is 8.11. The average molecular weight is 372 g/mol. The number of amides is 1. The molecule has 0 saturated carbocycles. The maximum atomic E-state index is 12.8. The number of piperidine rings is 1. The van der Waals surface area contributed by atoms with Crippen LogP contribution in [0.4, 0.5) is 0 Å². The topological polar surface area (TPSA) is 68.2 Å². The Morgan fingerprint density at radius 1 is 1.30 bits per heavy atom. The Morgan fingerprint density at radius 3 is 2.63 bits per heavy atom. The summed E-state index contributed by atoms with van der Waals surface area (Å²) >= 11 is 0. The predicted octanol–water partition coefficient (Wildman–Crippen LogP) is 3.07. The highest BCUT2D eigenvalue weighted by Gasteiger charge is 2.46. The van der Waals surface area contributed by atoms with Crippen molar-refractivity contribution in [2.45, 2.75) is 52.6 Å². The van der Waals surface area contributed by atoms with E-state index in [-0.39, 0.29) is 18.0 Å². The molecule has 0 aromatic heterocycles. The van der Waals surface area contributed by atoms with Crippen molar-refractivity contribution in [2.75, 3.05) is 19.7 Å². The Labute approximate surface area is 160 Å². The molecular weight excluding hydrogens is 344 g/mol. The Kier molecular flexibility index (Phi) is 5.82. The van der Waals surface area contributed by atoms with Crippen LogP contribution in [-0.2, 0) is 19.2 Å². The monoisotopic (exact) mass is 372 g/mol. The van der Waals surface area contributed by atoms with E-state index in [1.807, 2.05) is 25.1 Å². The van der Waals surface area contributed by atoms with Crippen LogP contribution >= 0.6 is 0 Å². The number of hydrogen-bond donors (Lipinski definition) is 0. The first kappa shape index (κ1) is 19.4. The largest absolute Gasteiger partial charge is 0.466 e. The van der Waals surface area contributed by atoms with Crippen LogP contribution in [0.25, 0.3) is 0 Å². The summed E-state index contributed by atoms with van der Waals surface area (Å²) in [5.74, 6) is -0.129. The van der Waals surface area contributed by atoms with Gasteiger partial charge in [-0.15, -0.1) is 0 Å². The Hall–Kier alpha value is -2.37. The summed E-state index contributed by atoms with van der Waals surface area (Å²) in [6.45, 7) is 6.95. The van der Waals surface area contributed by atoms with Crippen LogP contribution in [0.5, 0.6) is 0 Å². The van der Waals surface area contributed by atoms with Crippen molar-refractivity contribution >= 4 is 17.6 Å². The molecule has 0 radical (unpaired) electrons. The van der Waals surface area contributed by atoms with Crippen molar-refractivity contribution in [3.63, 3.8) is 0 Å². The maximum absolute atomic E-state index is 12.8. The smallest absolute Gasteiger partial charge is 0.312 e. The maximum Gasteiger partial charge on any atom is 0.312 e. The molecule has 3 rings (SSSR count). The molecule has 1 atom stereocenters. The molecule has 0 N–H and O–H groups in total. The van der Waals surface area contributed by atoms with Gasteiger partial charge < -0.3 is 14.5 Å². The molecule has 27 heavy (non-hydrogen) atoms. The third-order valence-corrected chi connectivity index (χ3v) is 5.68. The first-order valence-electron chi connectivity index (χ1n) is 9.66. The molecule has 1 aromatic carbocycles. The van der Waals surface area contributed by atoms with E-state index >= 15 is 0 Å². The molecule has 1 aromatic rings. The van der Waals surface area contributed by atoms with Gasteiger partial charge in [0.2, 0.25) is 5.91 Å². The van der Waals surface area contributed by atoms with Gasteiger partial charge in [-0.05, 0) is 32.3 Å². The Balaban J connectivity index is 1.70. The highest BCUT2D eigenvalue weighted by atomic mass is 16.6. The first-order chi connectivity index (χ1) is 12.9. The fraction of sp³-hybridized carbons (Fsp3) is 0.571. The normalized spacial score (nSPS) is 21.4. The summed E-state index contributed by atoms with van der Waals surface area (Å²) in [5, 5.41) is 4.29. The van der Waals surface area contributed by atoms with Crippen LogP contribution in [0.1, 0.15) is 50.7 Å². The minimum Gasteiger partial charge on any atom is -0.466 e. The van der Waals surface area contributed by atoms with Crippen molar-refractivity contribution < 1.29 is 19.2 Å². The van der Waals surface area contributed by atoms with Crippen LogP contribution in [0.2, 0.25) is 0 Å². The van der Waals surface area contributed by atoms with Gasteiger partial charge in [-0.1, -0.05) is 29.4 Å². The van der Waals surface area contributed by atoms with Gasteiger partial charge in [-0.3, -0.25) is 9.59 Å². The lowest BCUT2D eigenvalue weighted by molar-refractivity contribution is -0.163. The predicted molar refractivity (Wildman–Crippen MR) is 102 cm³/mol. The number of oxime groups is 1. The highest BCUT2D eigenvalue weighted by Crippen LogP contribution is 2.40. The number of rotatable bonds is 5. The van der Waals surface area contributed by atoms with Gasteiger partial charge in [0.05, 0.1) is 17.7 Å². The van der Waals surface area contributed by atoms with E-state index in [4.69, 9.17) is 9.57 Å². The molecule has 1 saturated heterocycles. The van der Waals surface area contributed by atoms with Crippen LogP contribution in [-0.4, -0.2) is 48.3 Å². The van der Waals surface area contributed by atoms with Crippen LogP contribution in [0.3, 0.4) is 0 Å². The zero-order chi connectivity index (χ0) is 19.4. The van der Waals surface area contributed by atoms with Gasteiger partial charge in [0, 0.05) is 38.4 Å². The summed E-state index contributed by atoms with van der Waals surface area (Å²) in [7, 11) is 0. The molecule has 2 heterocycles. The van der Waals surface area contributed by atoms with E-state index in [0.717, 1.165) is 16.8 Å². The second-order valence-electron chi connectivity index (χ2n) is 7.50. The summed E-state index contributed by atoms with van der Waals surface area (Å²) < 4.78 is 5.39. The van der Waals surface area contributed by atoms with Crippen LogP contribution in [0.15, 0.2) is 29.4 Å². The molecule has 6 heteroatoms. The number of benzene rings is 1. The number of esters is 1. The minimum atomic E-state index is -0.608. The fourth-order valence-electron chi connectivity index (χ4n) is 4.05. The van der Waals surface area contributed by atoms with E-state index in [1.165, 1.54) is 0 Å². The molecule has 6 nitrogen and oxygen atoms in total. The van der Waals surface area contributed by atoms with Gasteiger partial charge in [0.15, 0.2) is 0 Å². The van der Waals surface area contributed by atoms with E-state index < -0.39 is 5.41 Å². The lowest BCUT2D eigenvalue weighted by atomic mass is 9.73. The number of carbonyl (C=O) groups is 2. The number of likely N-dealkylation sites (tertiary alicyclic amines) is 1. The van der Waals surface area contributed by atoms with E-state index in [2.05, 4.69) is 18.1 Å². The second-order valence-corrected chi connectivity index (χ2v) is 7.50. The number of hydrogen-bond acceptors (Lipinski definition) is 5. The van der Waals surface area contributed by atoms with E-state index in [0.29, 0.717) is 45.4 Å². The van der Waals surface area contributed by atoms with Gasteiger partial charge >= 0.3 is 5.97 Å². The number of aryl methyl sites for hydroxylation is 1. The molecule has 2 aliphatic rings. The molecule has 0 aliphatic carbocycles. The summed E-state index contributed by atoms with van der Waals surface area (Å²) in [5.41, 5.74) is 2.58. The second kappa shape index (κ2) is 8.11. The molecule has 1 fully saturated rings. The van der Waals surface area contributed by atoms with Crippen molar-refractivity contribution in [2.24, 2.45) is 10.6 Å². The first-order valence-corrected chi connectivity index (χ1v) is 9.66. The van der Waals surface area contributed by atoms with Crippen molar-refractivity contribution in [3.05, 3.63) is 35.4 Å². The molecule has 0 spiro atoms. The van der Waals surface area contributed by atoms with E-state index in [1.54, 1.807) is 11.8 Å². The zero-order valence-electron chi connectivity index (χ0n) is 16.4. The average Bonchev–Trinajstić information content (AvgIpc) is 3.10. The van der Waals surface area contributed by atoms with Gasteiger partial charge in [0.25, 0.3) is 0 Å². The minimum absolute atomic E-state index is 0.0507.